The van der Waals surface area contributed by atoms with Crippen molar-refractivity contribution in [2.45, 2.75) is 0 Å². The third kappa shape index (κ3) is 262. The molecule has 0 aromatic heterocycles. The molecule has 0 aromatic carbocycles. The topological polar surface area (TPSA) is 121 Å². The first kappa shape index (κ1) is 15.7. The zero-order valence-electron chi connectivity index (χ0n) is 3.87. The average Bonchev–Trinajstić information content (AvgIpc) is 1.25. The van der Waals surface area contributed by atoms with Crippen LogP contribution in [0.2, 0.25) is 0 Å². The maximum absolute atomic E-state index is 8.70. The quantitative estimate of drug-likeness (QED) is 0.250. The van der Waals surface area contributed by atoms with E-state index in [-0.39, 0.29) is 4.70 Å². The summed E-state index contributed by atoms with van der Waals surface area (Å²) in [6.45, 7) is 0. The lowest BCUT2D eigenvalue weighted by Crippen LogP contribution is -1.81. The number of hydrogen-bond donors (Lipinski definition) is 3. The molecular weight excluding hydrogens is 160 g/mol. The van der Waals surface area contributed by atoms with Crippen LogP contribution in [0.25, 0.3) is 0 Å². The normalized spacial score (nSPS) is 5.56. The number of halogens is 1. The minimum atomic E-state index is -2.87. The van der Waals surface area contributed by atoms with Gasteiger partial charge in [-0.1, -0.05) is 0 Å². The Labute approximate surface area is 49.0 Å². The van der Waals surface area contributed by atoms with Crippen molar-refractivity contribution in [1.82, 2.24) is 0 Å². The van der Waals surface area contributed by atoms with Crippen molar-refractivity contribution in [2.24, 2.45) is 0 Å². The molecule has 0 aliphatic carbocycles. The van der Waals surface area contributed by atoms with Crippen molar-refractivity contribution in [3.63, 3.8) is 0 Å². The van der Waals surface area contributed by atoms with E-state index in [2.05, 4.69) is 0 Å². The van der Waals surface area contributed by atoms with Gasteiger partial charge in [0.1, 0.15) is 0 Å². The van der Waals surface area contributed by atoms with Crippen LogP contribution >= 0.6 is 8.25 Å². The van der Waals surface area contributed by atoms with Crippen LogP contribution in [0.15, 0.2) is 0 Å². The lowest BCUT2D eigenvalue weighted by molar-refractivity contribution is -0.742. The third-order valence-electron chi connectivity index (χ3n) is 0. The molecule has 56 valence electrons. The molecule has 0 bridgehead atoms. The number of nitrogens with zero attached hydrogens (tertiary/aromatic N) is 1. The Morgan fingerprint density at radius 2 is 1.44 bits per heavy atom. The van der Waals surface area contributed by atoms with Gasteiger partial charge < -0.3 is 5.21 Å². The van der Waals surface area contributed by atoms with Gasteiger partial charge in [-0.05, 0) is 0 Å². The molecule has 0 fully saturated rings. The Morgan fingerprint density at radius 1 is 1.44 bits per heavy atom. The van der Waals surface area contributed by atoms with Crippen LogP contribution in [0.1, 0.15) is 0 Å². The molecule has 0 atom stereocenters. The Balaban J connectivity index is -0.0000000720. The van der Waals surface area contributed by atoms with Crippen molar-refractivity contribution >= 4 is 8.25 Å². The molecule has 0 unspecified atom stereocenters. The fourth-order valence-corrected chi connectivity index (χ4v) is 0. The maximum Gasteiger partial charge on any atom is 0.692 e. The molecule has 0 amide bonds. The van der Waals surface area contributed by atoms with Crippen molar-refractivity contribution in [1.29, 1.82) is 0 Å². The second-order valence-electron chi connectivity index (χ2n) is 0.491. The van der Waals surface area contributed by atoms with E-state index >= 15 is 0 Å². The maximum atomic E-state index is 8.70. The van der Waals surface area contributed by atoms with Crippen molar-refractivity contribution in [3.8, 4) is 0 Å². The molecule has 0 spiro atoms. The lowest BCUT2D eigenvalue weighted by Gasteiger charge is -1.56. The van der Waals surface area contributed by atoms with Crippen molar-refractivity contribution in [3.05, 3.63) is 10.1 Å². The van der Waals surface area contributed by atoms with Gasteiger partial charge in [0.2, 0.25) is 0 Å². The van der Waals surface area contributed by atoms with Crippen LogP contribution in [0, 0.1) is 10.1 Å². The standard InChI is InChI=1S/FH.HNO3.HO3P/c;2-1(3)4;1-4(2)3/h1H;(H,2,3,4);(H-,1,2,3)/p+1. The molecule has 0 rings (SSSR count). The van der Waals surface area contributed by atoms with Crippen LogP contribution in [0.3, 0.4) is 0 Å². The van der Waals surface area contributed by atoms with Crippen LogP contribution in [-0.2, 0) is 4.57 Å². The first-order valence-corrected chi connectivity index (χ1v) is 2.31. The second kappa shape index (κ2) is 10.2. The Kier molecular flexibility index (Phi) is 17.8. The highest BCUT2D eigenvalue weighted by molar-refractivity contribution is 7.30. The van der Waals surface area contributed by atoms with Crippen molar-refractivity contribution in [2.75, 3.05) is 0 Å². The predicted octanol–water partition coefficient (Wildman–Crippen LogP) is -0.567. The molecular formula is H4FNO6P+. The van der Waals surface area contributed by atoms with Gasteiger partial charge >= 0.3 is 8.25 Å². The largest absolute Gasteiger partial charge is 0.692 e. The highest BCUT2D eigenvalue weighted by atomic mass is 31.1. The molecule has 0 aliphatic rings. The summed E-state index contributed by atoms with van der Waals surface area (Å²) < 4.78 is 8.70. The monoisotopic (exact) mass is 164 g/mol. The molecule has 9 heteroatoms. The average molecular weight is 164 g/mol. The summed E-state index contributed by atoms with van der Waals surface area (Å²) in [7, 11) is -2.87. The highest BCUT2D eigenvalue weighted by Crippen LogP contribution is 1.98. The molecule has 3 N–H and O–H groups in total. The lowest BCUT2D eigenvalue weighted by atomic mass is 13.1. The van der Waals surface area contributed by atoms with Gasteiger partial charge in [0.05, 0.1) is 0 Å². The summed E-state index contributed by atoms with van der Waals surface area (Å²) in [5, 5.41) is 13.6. The summed E-state index contributed by atoms with van der Waals surface area (Å²) in [4.78, 5) is 22.6. The van der Waals surface area contributed by atoms with Crippen molar-refractivity contribution < 1.29 is 29.4 Å². The van der Waals surface area contributed by atoms with Crippen LogP contribution < -0.4 is 0 Å². The minimum absolute atomic E-state index is 0. The SMILES string of the molecule is F.O=[N+]([O-])O.O=[P+](O)O. The Morgan fingerprint density at radius 3 is 1.44 bits per heavy atom. The fourth-order valence-electron chi connectivity index (χ4n) is 0. The summed E-state index contributed by atoms with van der Waals surface area (Å²) in [5.74, 6) is 0. The molecule has 0 saturated heterocycles. The van der Waals surface area contributed by atoms with E-state index in [4.69, 9.17) is 29.7 Å². The molecule has 0 saturated carbocycles. The fraction of sp³-hybridized carbons (Fsp3) is 0. The number of rotatable bonds is 0. The highest BCUT2D eigenvalue weighted by Gasteiger charge is 1.93. The molecule has 9 heavy (non-hydrogen) atoms. The first-order chi connectivity index (χ1) is 3.46. The van der Waals surface area contributed by atoms with E-state index in [0.717, 1.165) is 0 Å². The van der Waals surface area contributed by atoms with Crippen LogP contribution in [0.5, 0.6) is 0 Å². The van der Waals surface area contributed by atoms with Gasteiger partial charge in [0.25, 0.3) is 5.09 Å². The minimum Gasteiger partial charge on any atom is -0.328 e. The third-order valence-corrected chi connectivity index (χ3v) is 0. The smallest absolute Gasteiger partial charge is 0.328 e. The zero-order chi connectivity index (χ0) is 7.15. The first-order valence-electron chi connectivity index (χ1n) is 1.15. The van der Waals surface area contributed by atoms with E-state index in [1.807, 2.05) is 0 Å². The van der Waals surface area contributed by atoms with Crippen LogP contribution in [0.4, 0.5) is 4.70 Å². The molecule has 7 nitrogen and oxygen atoms in total. The molecule has 0 radical (unpaired) electrons. The van der Waals surface area contributed by atoms with E-state index in [0.29, 0.717) is 0 Å². The predicted molar refractivity (Wildman–Crippen MR) is 23.3 cm³/mol. The van der Waals surface area contributed by atoms with E-state index in [1.54, 1.807) is 0 Å². The Hall–Kier alpha value is -0.850. The van der Waals surface area contributed by atoms with Crippen LogP contribution in [-0.4, -0.2) is 20.1 Å². The number of hydrogen-bond acceptors (Lipinski definition) is 3. The van der Waals surface area contributed by atoms with Gasteiger partial charge in [0, 0.05) is 4.57 Å². The summed E-state index contributed by atoms with van der Waals surface area (Å²) in [5.41, 5.74) is 0. The van der Waals surface area contributed by atoms with Gasteiger partial charge in [-0.25, -0.2) is 0 Å². The van der Waals surface area contributed by atoms with Gasteiger partial charge in [-0.15, -0.1) is 19.9 Å². The van der Waals surface area contributed by atoms with E-state index < -0.39 is 13.3 Å². The Bertz CT molecular complexity index is 71.1. The van der Waals surface area contributed by atoms with Gasteiger partial charge in [-0.3, -0.25) is 4.70 Å². The zero-order valence-corrected chi connectivity index (χ0v) is 4.76. The summed E-state index contributed by atoms with van der Waals surface area (Å²) in [6.07, 6.45) is 0. The summed E-state index contributed by atoms with van der Waals surface area (Å²) in [6, 6.07) is 0. The second-order valence-corrected chi connectivity index (χ2v) is 0.996. The van der Waals surface area contributed by atoms with Gasteiger partial charge in [-0.2, -0.15) is 0 Å². The molecule has 0 aliphatic heterocycles. The molecule has 0 heterocycles. The van der Waals surface area contributed by atoms with E-state index in [1.165, 1.54) is 0 Å². The van der Waals surface area contributed by atoms with Gasteiger partial charge in [0.15, 0.2) is 0 Å². The van der Waals surface area contributed by atoms with E-state index in [9.17, 15) is 0 Å². The summed E-state index contributed by atoms with van der Waals surface area (Å²) >= 11 is 0. The molecule has 0 aromatic rings.